The maximum atomic E-state index is 11.4. The van der Waals surface area contributed by atoms with Gasteiger partial charge in [0.05, 0.1) is 12.0 Å². The van der Waals surface area contributed by atoms with Gasteiger partial charge in [0, 0.05) is 5.56 Å². The van der Waals surface area contributed by atoms with Crippen LogP contribution in [0.2, 0.25) is 0 Å². The second-order valence-electron chi connectivity index (χ2n) is 2.59. The van der Waals surface area contributed by atoms with Crippen LogP contribution >= 0.6 is 11.6 Å². The third-order valence-electron chi connectivity index (χ3n) is 1.56. The van der Waals surface area contributed by atoms with Crippen LogP contribution < -0.4 is 4.89 Å². The summed E-state index contributed by atoms with van der Waals surface area (Å²) in [4.78, 5) is 16.8. The molecule has 1 aromatic carbocycles. The molecule has 0 bridgehead atoms. The number of sulfonamides is 1. The monoisotopic (exact) mass is 249 g/mol. The second kappa shape index (κ2) is 4.71. The number of halogens is 1. The first kappa shape index (κ1) is 12.1. The molecule has 0 heterocycles. The lowest BCUT2D eigenvalue weighted by Crippen LogP contribution is -2.22. The van der Waals surface area contributed by atoms with Gasteiger partial charge in [0.25, 0.3) is 15.3 Å². The van der Waals surface area contributed by atoms with Gasteiger partial charge in [-0.2, -0.15) is 0 Å². The van der Waals surface area contributed by atoms with E-state index in [1.54, 1.807) is 0 Å². The summed E-state index contributed by atoms with van der Waals surface area (Å²) in [5.41, 5.74) is 0.107. The van der Waals surface area contributed by atoms with Gasteiger partial charge in [0.1, 0.15) is 0 Å². The molecule has 0 aliphatic heterocycles. The van der Waals surface area contributed by atoms with E-state index in [2.05, 4.69) is 4.84 Å². The number of nitrogens with one attached hydrogen (secondary N) is 1. The predicted octanol–water partition coefficient (Wildman–Crippen LogP) is 0.905. The van der Waals surface area contributed by atoms with E-state index in [9.17, 15) is 13.2 Å². The van der Waals surface area contributed by atoms with Gasteiger partial charge in [-0.15, -0.1) is 0 Å². The number of benzene rings is 1. The first-order valence-electron chi connectivity index (χ1n) is 3.82. The summed E-state index contributed by atoms with van der Waals surface area (Å²) in [6.45, 7) is 0. The fourth-order valence-corrected chi connectivity index (χ4v) is 1.92. The van der Waals surface area contributed by atoms with Gasteiger partial charge in [0.15, 0.2) is 0 Å². The number of hydrogen-bond donors (Lipinski definition) is 1. The summed E-state index contributed by atoms with van der Waals surface area (Å²) in [6, 6.07) is 5.32. The van der Waals surface area contributed by atoms with Crippen LogP contribution in [0, 0.1) is 0 Å². The zero-order chi connectivity index (χ0) is 11.5. The third-order valence-corrected chi connectivity index (χ3v) is 3.04. The molecule has 1 aromatic rings. The molecular formula is C8H8ClNO4S. The molecule has 5 nitrogen and oxygen atoms in total. The molecule has 15 heavy (non-hydrogen) atoms. The third kappa shape index (κ3) is 3.00. The summed E-state index contributed by atoms with van der Waals surface area (Å²) in [7, 11) is -2.57. The molecule has 0 unspecified atom stereocenters. The molecule has 0 atom stereocenters. The molecule has 0 amide bonds. The Bertz CT molecular complexity index is 471. The molecule has 0 aliphatic rings. The van der Waals surface area contributed by atoms with Crippen LogP contribution in [-0.4, -0.2) is 20.8 Å². The molecule has 0 aliphatic carbocycles. The zero-order valence-electron chi connectivity index (χ0n) is 7.73. The summed E-state index contributed by atoms with van der Waals surface area (Å²) >= 11 is 5.22. The highest BCUT2D eigenvalue weighted by atomic mass is 35.5. The first-order valence-corrected chi connectivity index (χ1v) is 5.68. The molecule has 0 saturated heterocycles. The maximum absolute atomic E-state index is 11.4. The average molecular weight is 250 g/mol. The molecule has 0 fully saturated rings. The van der Waals surface area contributed by atoms with E-state index < -0.39 is 15.3 Å². The fourth-order valence-electron chi connectivity index (χ4n) is 0.943. The van der Waals surface area contributed by atoms with Crippen LogP contribution in [0.3, 0.4) is 0 Å². The highest BCUT2D eigenvalue weighted by molar-refractivity contribution is 7.89. The SMILES string of the molecule is CONS(=O)(=O)c1cccc(C(=O)Cl)c1. The van der Waals surface area contributed by atoms with Crippen molar-refractivity contribution in [3.05, 3.63) is 29.8 Å². The molecule has 0 aromatic heterocycles. The van der Waals surface area contributed by atoms with Gasteiger partial charge in [-0.3, -0.25) is 9.63 Å². The second-order valence-corrected chi connectivity index (χ2v) is 4.58. The Hall–Kier alpha value is -0.950. The molecule has 0 radical (unpaired) electrons. The van der Waals surface area contributed by atoms with Crippen molar-refractivity contribution in [1.29, 1.82) is 0 Å². The van der Waals surface area contributed by atoms with Gasteiger partial charge in [-0.1, -0.05) is 17.0 Å². The molecule has 1 rings (SSSR count). The van der Waals surface area contributed by atoms with Crippen LogP contribution in [-0.2, 0) is 14.9 Å². The standard InChI is InChI=1S/C8H8ClNO4S/c1-14-10-15(12,13)7-4-2-3-6(5-7)8(9)11/h2-5,10H,1H3. The Morgan fingerprint density at radius 2 is 2.13 bits per heavy atom. The number of carbonyl (C=O) groups is 1. The van der Waals surface area contributed by atoms with Crippen molar-refractivity contribution >= 4 is 26.9 Å². The summed E-state index contributed by atoms with van der Waals surface area (Å²) in [5, 5.41) is -0.718. The highest BCUT2D eigenvalue weighted by Gasteiger charge is 2.14. The van der Waals surface area contributed by atoms with Crippen LogP contribution in [0.15, 0.2) is 29.2 Å². The van der Waals surface area contributed by atoms with E-state index in [1.807, 2.05) is 4.89 Å². The van der Waals surface area contributed by atoms with Crippen molar-refractivity contribution in [3.63, 3.8) is 0 Å². The van der Waals surface area contributed by atoms with Crippen molar-refractivity contribution < 1.29 is 18.0 Å². The van der Waals surface area contributed by atoms with E-state index in [1.165, 1.54) is 25.3 Å². The summed E-state index contributed by atoms with van der Waals surface area (Å²) in [5.74, 6) is 0. The van der Waals surface area contributed by atoms with Gasteiger partial charge < -0.3 is 0 Å². The molecule has 0 saturated carbocycles. The molecule has 7 heteroatoms. The fraction of sp³-hybridized carbons (Fsp3) is 0.125. The van der Waals surface area contributed by atoms with Crippen molar-refractivity contribution in [2.45, 2.75) is 4.90 Å². The van der Waals surface area contributed by atoms with Crippen LogP contribution in [0.25, 0.3) is 0 Å². The quantitative estimate of drug-likeness (QED) is 0.636. The van der Waals surface area contributed by atoms with E-state index in [4.69, 9.17) is 11.6 Å². The Morgan fingerprint density at radius 1 is 1.47 bits per heavy atom. The van der Waals surface area contributed by atoms with E-state index in [0.717, 1.165) is 6.07 Å². The summed E-state index contributed by atoms with van der Waals surface area (Å²) in [6.07, 6.45) is 0. The van der Waals surface area contributed by atoms with Gasteiger partial charge in [-0.25, -0.2) is 8.42 Å². The molecule has 1 N–H and O–H groups in total. The molecular weight excluding hydrogens is 242 g/mol. The average Bonchev–Trinajstić information content (AvgIpc) is 2.18. The van der Waals surface area contributed by atoms with Crippen molar-refractivity contribution in [2.75, 3.05) is 7.11 Å². The Kier molecular flexibility index (Phi) is 3.81. The largest absolute Gasteiger partial charge is 0.290 e. The highest BCUT2D eigenvalue weighted by Crippen LogP contribution is 2.12. The number of rotatable bonds is 4. The Labute approximate surface area is 92.0 Å². The van der Waals surface area contributed by atoms with Crippen LogP contribution in [0.1, 0.15) is 10.4 Å². The van der Waals surface area contributed by atoms with Crippen molar-refractivity contribution in [1.82, 2.24) is 4.89 Å². The van der Waals surface area contributed by atoms with Gasteiger partial charge in [0.2, 0.25) is 0 Å². The lowest BCUT2D eigenvalue weighted by atomic mass is 10.2. The van der Waals surface area contributed by atoms with Gasteiger partial charge >= 0.3 is 0 Å². The first-order chi connectivity index (χ1) is 6.97. The molecule has 82 valence electrons. The normalized spacial score (nSPS) is 11.3. The minimum Gasteiger partial charge on any atom is -0.290 e. The van der Waals surface area contributed by atoms with E-state index in [0.29, 0.717) is 0 Å². The van der Waals surface area contributed by atoms with Crippen LogP contribution in [0.4, 0.5) is 0 Å². The minimum absolute atomic E-state index is 0.0872. The van der Waals surface area contributed by atoms with E-state index >= 15 is 0 Å². The van der Waals surface area contributed by atoms with Crippen molar-refractivity contribution in [2.24, 2.45) is 0 Å². The predicted molar refractivity (Wildman–Crippen MR) is 54.0 cm³/mol. The van der Waals surface area contributed by atoms with Gasteiger partial charge in [-0.05, 0) is 23.7 Å². The number of carbonyl (C=O) groups excluding carboxylic acids is 1. The Balaban J connectivity index is 3.16. The lowest BCUT2D eigenvalue weighted by molar-refractivity contribution is 0.108. The zero-order valence-corrected chi connectivity index (χ0v) is 9.30. The minimum atomic E-state index is -3.75. The number of hydrogen-bond acceptors (Lipinski definition) is 4. The molecule has 0 spiro atoms. The lowest BCUT2D eigenvalue weighted by Gasteiger charge is -2.04. The Morgan fingerprint density at radius 3 is 2.67 bits per heavy atom. The van der Waals surface area contributed by atoms with Crippen molar-refractivity contribution in [3.8, 4) is 0 Å². The summed E-state index contributed by atoms with van der Waals surface area (Å²) < 4.78 is 22.8. The maximum Gasteiger partial charge on any atom is 0.262 e. The topological polar surface area (TPSA) is 72.5 Å². The van der Waals surface area contributed by atoms with Crippen LogP contribution in [0.5, 0.6) is 0 Å². The smallest absolute Gasteiger partial charge is 0.262 e. The van der Waals surface area contributed by atoms with E-state index in [-0.39, 0.29) is 10.5 Å².